The number of nitrogens with two attached hydrogens (primary N) is 1. The number of hydrogen-bond donors (Lipinski definition) is 7. The maximum atomic E-state index is 13.9. The molecular weight excluding hydrogens is 598 g/mol. The van der Waals surface area contributed by atoms with Gasteiger partial charge in [0.05, 0.1) is 12.4 Å². The Morgan fingerprint density at radius 1 is 0.681 bits per heavy atom. The average Bonchev–Trinajstić information content (AvgIpc) is 3.75. The van der Waals surface area contributed by atoms with Gasteiger partial charge in [0.15, 0.2) is 0 Å². The lowest BCUT2D eigenvalue weighted by atomic mass is 10.0. The Kier molecular flexibility index (Phi) is 10.8. The Hall–Kier alpha value is -5.75. The summed E-state index contributed by atoms with van der Waals surface area (Å²) in [6.07, 6.45) is 5.13. The lowest BCUT2D eigenvalue weighted by molar-refractivity contribution is -0.142. The molecule has 8 N–H and O–H groups in total. The van der Waals surface area contributed by atoms with Crippen LogP contribution in [0, 0.1) is 0 Å². The van der Waals surface area contributed by atoms with Gasteiger partial charge in [-0.3, -0.25) is 14.4 Å². The number of aliphatic carboxylic acids is 1. The standard InChI is InChI=1S/C35H37N7O5/c36-27(17-24-19-38-28-14-8-7-13-26(24)28)32(43)40-29(15-22-9-3-1-4-10-22)33(44)41-30(16-23-11-5-2-6-12-23)34(45)42-31(35(46)47)18-25-20-37-21-39-25/h1-14,19-21,27,29-31,38H,15-18,36H2,(H,37,39)(H,40,43)(H,41,44)(H,42,45)(H,46,47). The summed E-state index contributed by atoms with van der Waals surface area (Å²) >= 11 is 0. The first-order chi connectivity index (χ1) is 22.8. The molecule has 12 heteroatoms. The molecule has 3 amide bonds. The number of rotatable bonds is 15. The third-order valence-corrected chi connectivity index (χ3v) is 7.88. The second-order valence-corrected chi connectivity index (χ2v) is 11.4. The second kappa shape index (κ2) is 15.5. The van der Waals surface area contributed by atoms with Crippen molar-refractivity contribution in [1.82, 2.24) is 30.9 Å². The van der Waals surface area contributed by atoms with E-state index in [2.05, 4.69) is 30.9 Å². The van der Waals surface area contributed by atoms with Gasteiger partial charge in [-0.05, 0) is 29.2 Å². The number of carboxylic acids is 1. The number of nitrogens with zero attached hydrogens (tertiary/aromatic N) is 1. The molecule has 0 saturated heterocycles. The molecule has 5 rings (SSSR count). The first kappa shape index (κ1) is 32.6. The van der Waals surface area contributed by atoms with Crippen molar-refractivity contribution in [3.8, 4) is 0 Å². The SMILES string of the molecule is NC(Cc1c[nH]c2ccccc12)C(=O)NC(Cc1ccccc1)C(=O)NC(Cc1ccccc1)C(=O)NC(Cc1cnc[nH]1)C(=O)O. The minimum atomic E-state index is -1.28. The Balaban J connectivity index is 1.34. The van der Waals surface area contributed by atoms with Gasteiger partial charge in [0.25, 0.3) is 0 Å². The van der Waals surface area contributed by atoms with Crippen LogP contribution in [0.2, 0.25) is 0 Å². The smallest absolute Gasteiger partial charge is 0.326 e. The van der Waals surface area contributed by atoms with Crippen molar-refractivity contribution in [2.45, 2.75) is 49.9 Å². The summed E-state index contributed by atoms with van der Waals surface area (Å²) < 4.78 is 0. The predicted octanol–water partition coefficient (Wildman–Crippen LogP) is 2.03. The maximum absolute atomic E-state index is 13.9. The van der Waals surface area contributed by atoms with E-state index in [9.17, 15) is 24.3 Å². The van der Waals surface area contributed by atoms with Crippen LogP contribution in [-0.4, -0.2) is 67.9 Å². The van der Waals surface area contributed by atoms with Crippen LogP contribution < -0.4 is 21.7 Å². The number of carbonyl (C=O) groups excluding carboxylic acids is 3. The molecule has 4 unspecified atom stereocenters. The van der Waals surface area contributed by atoms with Gasteiger partial charge in [-0.2, -0.15) is 0 Å². The molecular formula is C35H37N7O5. The molecule has 0 saturated carbocycles. The first-order valence-electron chi connectivity index (χ1n) is 15.3. The molecule has 3 aromatic carbocycles. The van der Waals surface area contributed by atoms with Crippen molar-refractivity contribution >= 4 is 34.6 Å². The minimum Gasteiger partial charge on any atom is -0.480 e. The number of imidazole rings is 1. The molecule has 0 bridgehead atoms. The Bertz CT molecular complexity index is 1790. The van der Waals surface area contributed by atoms with E-state index in [4.69, 9.17) is 5.73 Å². The van der Waals surface area contributed by atoms with Gasteiger partial charge in [-0.1, -0.05) is 78.9 Å². The average molecular weight is 636 g/mol. The van der Waals surface area contributed by atoms with E-state index in [0.29, 0.717) is 5.69 Å². The fourth-order valence-corrected chi connectivity index (χ4v) is 5.39. The Labute approximate surface area is 271 Å². The summed E-state index contributed by atoms with van der Waals surface area (Å²) in [6.45, 7) is 0. The molecule has 242 valence electrons. The third-order valence-electron chi connectivity index (χ3n) is 7.88. The number of amides is 3. The molecule has 4 atom stereocenters. The van der Waals surface area contributed by atoms with E-state index >= 15 is 0 Å². The van der Waals surface area contributed by atoms with E-state index in [1.165, 1.54) is 12.5 Å². The van der Waals surface area contributed by atoms with Crippen LogP contribution in [0.15, 0.2) is 104 Å². The highest BCUT2D eigenvalue weighted by atomic mass is 16.4. The zero-order valence-electron chi connectivity index (χ0n) is 25.6. The zero-order chi connectivity index (χ0) is 33.2. The van der Waals surface area contributed by atoms with Gasteiger partial charge in [0, 0.05) is 48.3 Å². The zero-order valence-corrected chi connectivity index (χ0v) is 25.6. The maximum Gasteiger partial charge on any atom is 0.326 e. The fraction of sp³-hybridized carbons (Fsp3) is 0.229. The number of carbonyl (C=O) groups is 4. The Morgan fingerprint density at radius 2 is 1.23 bits per heavy atom. The topological polar surface area (TPSA) is 195 Å². The highest BCUT2D eigenvalue weighted by Gasteiger charge is 2.31. The van der Waals surface area contributed by atoms with Crippen molar-refractivity contribution in [2.75, 3.05) is 0 Å². The molecule has 12 nitrogen and oxygen atoms in total. The van der Waals surface area contributed by atoms with Crippen LogP contribution in [0.4, 0.5) is 0 Å². The number of benzene rings is 3. The van der Waals surface area contributed by atoms with Gasteiger partial charge in [0.2, 0.25) is 17.7 Å². The van der Waals surface area contributed by atoms with Gasteiger partial charge < -0.3 is 36.8 Å². The van der Waals surface area contributed by atoms with Crippen LogP contribution in [0.3, 0.4) is 0 Å². The molecule has 0 aliphatic heterocycles. The summed E-state index contributed by atoms with van der Waals surface area (Å²) in [5.41, 5.74) is 10.2. The lowest BCUT2D eigenvalue weighted by Gasteiger charge is -2.25. The van der Waals surface area contributed by atoms with Crippen LogP contribution >= 0.6 is 0 Å². The third kappa shape index (κ3) is 8.92. The molecule has 0 aliphatic rings. The predicted molar refractivity (Wildman–Crippen MR) is 176 cm³/mol. The van der Waals surface area contributed by atoms with Gasteiger partial charge in [0.1, 0.15) is 18.1 Å². The molecule has 47 heavy (non-hydrogen) atoms. The quantitative estimate of drug-likeness (QED) is 0.0914. The molecule has 5 aromatic rings. The lowest BCUT2D eigenvalue weighted by Crippen LogP contribution is -2.58. The monoisotopic (exact) mass is 635 g/mol. The van der Waals surface area contributed by atoms with Crippen molar-refractivity contribution in [2.24, 2.45) is 5.73 Å². The summed E-state index contributed by atoms with van der Waals surface area (Å²) in [4.78, 5) is 62.9. The van der Waals surface area contributed by atoms with E-state index in [1.807, 2.05) is 66.9 Å². The molecule has 0 fully saturated rings. The fourth-order valence-electron chi connectivity index (χ4n) is 5.39. The van der Waals surface area contributed by atoms with Crippen molar-refractivity contribution in [3.63, 3.8) is 0 Å². The van der Waals surface area contributed by atoms with Crippen LogP contribution in [-0.2, 0) is 44.9 Å². The summed E-state index contributed by atoms with van der Waals surface area (Å²) in [5.74, 6) is -3.06. The van der Waals surface area contributed by atoms with E-state index in [0.717, 1.165) is 27.6 Å². The van der Waals surface area contributed by atoms with Gasteiger partial charge >= 0.3 is 5.97 Å². The summed E-state index contributed by atoms with van der Waals surface area (Å²) in [6, 6.07) is 21.4. The number of nitrogens with one attached hydrogen (secondary N) is 5. The number of aromatic nitrogens is 3. The van der Waals surface area contributed by atoms with E-state index in [1.54, 1.807) is 24.3 Å². The number of hydrogen-bond acceptors (Lipinski definition) is 6. The number of para-hydroxylation sites is 1. The molecule has 2 aromatic heterocycles. The first-order valence-corrected chi connectivity index (χ1v) is 15.3. The van der Waals surface area contributed by atoms with Crippen molar-refractivity contribution < 1.29 is 24.3 Å². The van der Waals surface area contributed by atoms with Gasteiger partial charge in [-0.15, -0.1) is 0 Å². The van der Waals surface area contributed by atoms with Crippen LogP contribution in [0.5, 0.6) is 0 Å². The van der Waals surface area contributed by atoms with E-state index < -0.39 is 47.9 Å². The van der Waals surface area contributed by atoms with Gasteiger partial charge in [-0.25, -0.2) is 9.78 Å². The molecule has 0 spiro atoms. The van der Waals surface area contributed by atoms with Crippen LogP contribution in [0.25, 0.3) is 10.9 Å². The summed E-state index contributed by atoms with van der Waals surface area (Å²) in [5, 5.41) is 18.9. The number of fused-ring (bicyclic) bond motifs is 1. The highest BCUT2D eigenvalue weighted by molar-refractivity contribution is 5.94. The van der Waals surface area contributed by atoms with Crippen LogP contribution in [0.1, 0.15) is 22.4 Å². The van der Waals surface area contributed by atoms with Crippen molar-refractivity contribution in [3.05, 3.63) is 126 Å². The highest BCUT2D eigenvalue weighted by Crippen LogP contribution is 2.19. The minimum absolute atomic E-state index is 0.0336. The van der Waals surface area contributed by atoms with E-state index in [-0.39, 0.29) is 25.7 Å². The number of aromatic amines is 2. The molecule has 2 heterocycles. The molecule has 0 radical (unpaired) electrons. The Morgan fingerprint density at radius 3 is 1.81 bits per heavy atom. The van der Waals surface area contributed by atoms with Crippen molar-refractivity contribution in [1.29, 1.82) is 0 Å². The number of H-pyrrole nitrogens is 2. The molecule has 0 aliphatic carbocycles. The largest absolute Gasteiger partial charge is 0.480 e. The summed E-state index contributed by atoms with van der Waals surface area (Å²) in [7, 11) is 0. The second-order valence-electron chi connectivity index (χ2n) is 11.4. The normalized spacial score (nSPS) is 13.6. The number of carboxylic acid groups (broad SMARTS) is 1.